The van der Waals surface area contributed by atoms with Gasteiger partial charge in [-0.2, -0.15) is 0 Å². The van der Waals surface area contributed by atoms with Gasteiger partial charge in [0.2, 0.25) is 5.91 Å². The minimum Gasteiger partial charge on any atom is -0.295 e. The van der Waals surface area contributed by atoms with Gasteiger partial charge in [0.05, 0.1) is 18.2 Å². The Morgan fingerprint density at radius 1 is 1.09 bits per heavy atom. The largest absolute Gasteiger partial charge is 0.295 e. The van der Waals surface area contributed by atoms with Crippen molar-refractivity contribution in [2.24, 2.45) is 5.92 Å². The molecule has 1 atom stereocenters. The zero-order valence-corrected chi connectivity index (χ0v) is 13.6. The standard InChI is InChI=1S/C18H22N2O3/c1-12-7-9-19(10-8-12)16-11-17(22)20(18(16)23)15-5-3-14(4-6-15)13(2)21/h3-6,12,16H,7-11H2,1-2H3/t16-/m1/s1. The number of nitrogens with zero attached hydrogens (tertiary/aromatic N) is 2. The number of carbonyl (C=O) groups excluding carboxylic acids is 3. The van der Waals surface area contributed by atoms with Crippen LogP contribution < -0.4 is 4.90 Å². The molecule has 5 nitrogen and oxygen atoms in total. The number of imide groups is 1. The van der Waals surface area contributed by atoms with Crippen molar-refractivity contribution in [3.05, 3.63) is 29.8 Å². The van der Waals surface area contributed by atoms with Gasteiger partial charge in [-0.05, 0) is 63.0 Å². The molecule has 2 heterocycles. The molecule has 0 aromatic heterocycles. The van der Waals surface area contributed by atoms with E-state index in [1.165, 1.54) is 11.8 Å². The molecule has 0 radical (unpaired) electrons. The van der Waals surface area contributed by atoms with E-state index in [1.54, 1.807) is 24.3 Å². The molecule has 0 bridgehead atoms. The lowest BCUT2D eigenvalue weighted by Gasteiger charge is -2.33. The van der Waals surface area contributed by atoms with E-state index < -0.39 is 0 Å². The average Bonchev–Trinajstić information content (AvgIpc) is 2.83. The van der Waals surface area contributed by atoms with E-state index in [2.05, 4.69) is 11.8 Å². The normalized spacial score (nSPS) is 23.6. The lowest BCUT2D eigenvalue weighted by molar-refractivity contribution is -0.123. The molecule has 2 saturated heterocycles. The van der Waals surface area contributed by atoms with Gasteiger partial charge >= 0.3 is 0 Å². The van der Waals surface area contributed by atoms with Crippen LogP contribution in [0.1, 0.15) is 43.5 Å². The summed E-state index contributed by atoms with van der Waals surface area (Å²) in [6.07, 6.45) is 2.40. The van der Waals surface area contributed by atoms with Gasteiger partial charge in [0.15, 0.2) is 5.78 Å². The fourth-order valence-electron chi connectivity index (χ4n) is 3.36. The Balaban J connectivity index is 1.77. The van der Waals surface area contributed by atoms with Crippen molar-refractivity contribution < 1.29 is 14.4 Å². The number of Topliss-reactive ketones (excluding diaryl/α,β-unsaturated/α-hetero) is 1. The number of ketones is 1. The molecule has 2 fully saturated rings. The second-order valence-electron chi connectivity index (χ2n) is 6.61. The second-order valence-corrected chi connectivity index (χ2v) is 6.61. The molecule has 2 aliphatic heterocycles. The predicted molar refractivity (Wildman–Crippen MR) is 87.3 cm³/mol. The van der Waals surface area contributed by atoms with E-state index >= 15 is 0 Å². The third-order valence-corrected chi connectivity index (χ3v) is 4.91. The molecule has 5 heteroatoms. The van der Waals surface area contributed by atoms with Crippen LogP contribution in [0.15, 0.2) is 24.3 Å². The van der Waals surface area contributed by atoms with Crippen molar-refractivity contribution in [1.82, 2.24) is 4.90 Å². The first-order chi connectivity index (χ1) is 11.0. The summed E-state index contributed by atoms with van der Waals surface area (Å²) >= 11 is 0. The van der Waals surface area contributed by atoms with Gasteiger partial charge < -0.3 is 0 Å². The van der Waals surface area contributed by atoms with Crippen molar-refractivity contribution in [3.63, 3.8) is 0 Å². The van der Waals surface area contributed by atoms with Crippen LogP contribution in [-0.2, 0) is 9.59 Å². The number of benzene rings is 1. The first-order valence-electron chi connectivity index (χ1n) is 8.19. The number of rotatable bonds is 3. The van der Waals surface area contributed by atoms with Crippen LogP contribution in [0.5, 0.6) is 0 Å². The van der Waals surface area contributed by atoms with Gasteiger partial charge in [-0.25, -0.2) is 4.90 Å². The Kier molecular flexibility index (Phi) is 4.31. The van der Waals surface area contributed by atoms with E-state index in [1.807, 2.05) is 0 Å². The van der Waals surface area contributed by atoms with Crippen LogP contribution in [0.3, 0.4) is 0 Å². The highest BCUT2D eigenvalue weighted by atomic mass is 16.2. The Morgan fingerprint density at radius 3 is 2.26 bits per heavy atom. The zero-order chi connectivity index (χ0) is 16.6. The summed E-state index contributed by atoms with van der Waals surface area (Å²) in [7, 11) is 0. The third kappa shape index (κ3) is 3.06. The fraction of sp³-hybridized carbons (Fsp3) is 0.500. The van der Waals surface area contributed by atoms with Crippen molar-refractivity contribution in [1.29, 1.82) is 0 Å². The van der Waals surface area contributed by atoms with Crippen LogP contribution in [0.2, 0.25) is 0 Å². The molecule has 0 spiro atoms. The molecule has 2 amide bonds. The first-order valence-corrected chi connectivity index (χ1v) is 8.19. The highest BCUT2D eigenvalue weighted by molar-refractivity contribution is 6.22. The van der Waals surface area contributed by atoms with E-state index in [9.17, 15) is 14.4 Å². The van der Waals surface area contributed by atoms with Crippen LogP contribution in [-0.4, -0.2) is 41.6 Å². The quantitative estimate of drug-likeness (QED) is 0.634. The number of amides is 2. The highest BCUT2D eigenvalue weighted by Gasteiger charge is 2.43. The van der Waals surface area contributed by atoms with E-state index in [0.717, 1.165) is 25.9 Å². The summed E-state index contributed by atoms with van der Waals surface area (Å²) in [6.45, 7) is 5.47. The molecular formula is C18H22N2O3. The molecule has 23 heavy (non-hydrogen) atoms. The average molecular weight is 314 g/mol. The van der Waals surface area contributed by atoms with Crippen LogP contribution in [0.4, 0.5) is 5.69 Å². The topological polar surface area (TPSA) is 57.7 Å². The number of carbonyl (C=O) groups is 3. The molecule has 122 valence electrons. The van der Waals surface area contributed by atoms with Crippen molar-refractivity contribution in [3.8, 4) is 0 Å². The van der Waals surface area contributed by atoms with Gasteiger partial charge in [-0.1, -0.05) is 6.92 Å². The predicted octanol–water partition coefficient (Wildman–Crippen LogP) is 2.25. The molecule has 1 aromatic rings. The maximum atomic E-state index is 12.7. The SMILES string of the molecule is CC(=O)c1ccc(N2C(=O)C[C@@H](N3CCC(C)CC3)C2=O)cc1. The molecule has 0 unspecified atom stereocenters. The van der Waals surface area contributed by atoms with Gasteiger partial charge in [0.25, 0.3) is 5.91 Å². The number of hydrogen-bond acceptors (Lipinski definition) is 4. The summed E-state index contributed by atoms with van der Waals surface area (Å²) < 4.78 is 0. The molecule has 3 rings (SSSR count). The van der Waals surface area contributed by atoms with E-state index in [0.29, 0.717) is 17.2 Å². The monoisotopic (exact) mass is 314 g/mol. The first kappa shape index (κ1) is 15.9. The van der Waals surface area contributed by atoms with Gasteiger partial charge in [0, 0.05) is 5.56 Å². The Hall–Kier alpha value is -2.01. The Bertz CT molecular complexity index is 630. The van der Waals surface area contributed by atoms with E-state index in [4.69, 9.17) is 0 Å². The second kappa shape index (κ2) is 6.24. The zero-order valence-electron chi connectivity index (χ0n) is 13.6. The molecule has 0 aliphatic carbocycles. The van der Waals surface area contributed by atoms with E-state index in [-0.39, 0.29) is 30.1 Å². The van der Waals surface area contributed by atoms with Gasteiger partial charge in [-0.3, -0.25) is 19.3 Å². The number of anilines is 1. The highest BCUT2D eigenvalue weighted by Crippen LogP contribution is 2.28. The lowest BCUT2D eigenvalue weighted by atomic mass is 9.97. The molecule has 0 N–H and O–H groups in total. The number of hydrogen-bond donors (Lipinski definition) is 0. The van der Waals surface area contributed by atoms with Crippen molar-refractivity contribution in [2.45, 2.75) is 39.2 Å². The minimum absolute atomic E-state index is 0.0315. The molecule has 1 aromatic carbocycles. The van der Waals surface area contributed by atoms with Crippen LogP contribution >= 0.6 is 0 Å². The van der Waals surface area contributed by atoms with Gasteiger partial charge in [-0.15, -0.1) is 0 Å². The summed E-state index contributed by atoms with van der Waals surface area (Å²) in [4.78, 5) is 39.8. The smallest absolute Gasteiger partial charge is 0.251 e. The summed E-state index contributed by atoms with van der Waals surface area (Å²) in [5.74, 6) is 0.360. The molecule has 2 aliphatic rings. The Morgan fingerprint density at radius 2 is 1.70 bits per heavy atom. The van der Waals surface area contributed by atoms with Crippen LogP contribution in [0.25, 0.3) is 0 Å². The Labute approximate surface area is 136 Å². The summed E-state index contributed by atoms with van der Waals surface area (Å²) in [5, 5.41) is 0. The summed E-state index contributed by atoms with van der Waals surface area (Å²) in [5.41, 5.74) is 1.13. The number of likely N-dealkylation sites (tertiary alicyclic amines) is 1. The van der Waals surface area contributed by atoms with Crippen molar-refractivity contribution >= 4 is 23.3 Å². The maximum Gasteiger partial charge on any atom is 0.251 e. The number of piperidine rings is 1. The maximum absolute atomic E-state index is 12.7. The molecular weight excluding hydrogens is 292 g/mol. The lowest BCUT2D eigenvalue weighted by Crippen LogP contribution is -2.45. The minimum atomic E-state index is -0.331. The molecule has 0 saturated carbocycles. The third-order valence-electron chi connectivity index (χ3n) is 4.91. The van der Waals surface area contributed by atoms with Gasteiger partial charge in [0.1, 0.15) is 0 Å². The summed E-state index contributed by atoms with van der Waals surface area (Å²) in [6, 6.07) is 6.34. The van der Waals surface area contributed by atoms with Crippen LogP contribution in [0, 0.1) is 5.92 Å². The fourth-order valence-corrected chi connectivity index (χ4v) is 3.36. The van der Waals surface area contributed by atoms with Crippen molar-refractivity contribution in [2.75, 3.05) is 18.0 Å².